The fourth-order valence-corrected chi connectivity index (χ4v) is 1.61. The summed E-state index contributed by atoms with van der Waals surface area (Å²) < 4.78 is 0. The number of carbonyl (C=O) groups excluding carboxylic acids is 1. The molecule has 0 saturated heterocycles. The summed E-state index contributed by atoms with van der Waals surface area (Å²) in [5.41, 5.74) is 0. The highest BCUT2D eigenvalue weighted by Crippen LogP contribution is 2.15. The standard InChI is InChI=1S/C14H28O3/c1-5-6-10-16-17-14(15)11-13(4)9-7-8-12(2)3/h12-13H,5-11H2,1-4H3. The molecule has 102 valence electrons. The van der Waals surface area contributed by atoms with Crippen LogP contribution in [0.3, 0.4) is 0 Å². The molecule has 0 aromatic carbocycles. The van der Waals surface area contributed by atoms with Crippen LogP contribution in [0.5, 0.6) is 0 Å². The van der Waals surface area contributed by atoms with Gasteiger partial charge in [0, 0.05) is 0 Å². The van der Waals surface area contributed by atoms with Crippen LogP contribution in [0.2, 0.25) is 0 Å². The Morgan fingerprint density at radius 1 is 1.12 bits per heavy atom. The summed E-state index contributed by atoms with van der Waals surface area (Å²) in [5.74, 6) is 0.890. The molecule has 1 unspecified atom stereocenters. The summed E-state index contributed by atoms with van der Waals surface area (Å²) in [4.78, 5) is 20.9. The predicted octanol–water partition coefficient (Wildman–Crippen LogP) is 4.11. The Bertz CT molecular complexity index is 190. The minimum atomic E-state index is -0.238. The number of hydrogen-bond donors (Lipinski definition) is 0. The normalized spacial score (nSPS) is 12.8. The summed E-state index contributed by atoms with van der Waals surface area (Å²) >= 11 is 0. The Hall–Kier alpha value is -0.570. The van der Waals surface area contributed by atoms with Crippen LogP contribution in [-0.4, -0.2) is 12.6 Å². The molecule has 0 saturated carbocycles. The van der Waals surface area contributed by atoms with Gasteiger partial charge in [0.25, 0.3) is 0 Å². The third-order valence-electron chi connectivity index (χ3n) is 2.73. The first-order valence-corrected chi connectivity index (χ1v) is 6.88. The van der Waals surface area contributed by atoms with Gasteiger partial charge in [0.1, 0.15) is 0 Å². The number of unbranched alkanes of at least 4 members (excludes halogenated alkanes) is 1. The molecule has 3 heteroatoms. The first-order valence-electron chi connectivity index (χ1n) is 6.88. The van der Waals surface area contributed by atoms with Crippen molar-refractivity contribution in [3.05, 3.63) is 0 Å². The lowest BCUT2D eigenvalue weighted by Gasteiger charge is -2.11. The van der Waals surface area contributed by atoms with E-state index in [-0.39, 0.29) is 5.97 Å². The Balaban J connectivity index is 3.45. The minimum absolute atomic E-state index is 0.238. The van der Waals surface area contributed by atoms with E-state index in [1.54, 1.807) is 0 Å². The highest BCUT2D eigenvalue weighted by atomic mass is 17.2. The van der Waals surface area contributed by atoms with Gasteiger partial charge in [0.05, 0.1) is 13.0 Å². The summed E-state index contributed by atoms with van der Waals surface area (Å²) in [6.07, 6.45) is 5.93. The van der Waals surface area contributed by atoms with Crippen LogP contribution in [0.1, 0.15) is 66.2 Å². The van der Waals surface area contributed by atoms with Crippen LogP contribution in [0.15, 0.2) is 0 Å². The monoisotopic (exact) mass is 244 g/mol. The summed E-state index contributed by atoms with van der Waals surface area (Å²) in [7, 11) is 0. The van der Waals surface area contributed by atoms with Crippen LogP contribution in [-0.2, 0) is 14.6 Å². The Labute approximate surface area is 106 Å². The number of rotatable bonds is 10. The molecule has 0 aliphatic rings. The van der Waals surface area contributed by atoms with Gasteiger partial charge in [-0.15, -0.1) is 0 Å². The lowest BCUT2D eigenvalue weighted by Crippen LogP contribution is -2.11. The minimum Gasteiger partial charge on any atom is -0.298 e. The number of hydrogen-bond acceptors (Lipinski definition) is 3. The Morgan fingerprint density at radius 2 is 1.82 bits per heavy atom. The quantitative estimate of drug-likeness (QED) is 0.329. The molecule has 0 fully saturated rings. The van der Waals surface area contributed by atoms with Gasteiger partial charge in [-0.1, -0.05) is 53.4 Å². The second-order valence-electron chi connectivity index (χ2n) is 5.26. The summed E-state index contributed by atoms with van der Waals surface area (Å²) in [6, 6.07) is 0. The molecule has 3 nitrogen and oxygen atoms in total. The SMILES string of the molecule is CCCCOOC(=O)CC(C)CCCC(C)C. The fraction of sp³-hybridized carbons (Fsp3) is 0.929. The van der Waals surface area contributed by atoms with Crippen LogP contribution < -0.4 is 0 Å². The average molecular weight is 244 g/mol. The zero-order valence-electron chi connectivity index (χ0n) is 11.8. The van der Waals surface area contributed by atoms with E-state index < -0.39 is 0 Å². The van der Waals surface area contributed by atoms with Crippen molar-refractivity contribution in [2.75, 3.05) is 6.61 Å². The molecule has 0 aromatic heterocycles. The van der Waals surface area contributed by atoms with Crippen molar-refractivity contribution in [3.63, 3.8) is 0 Å². The Morgan fingerprint density at radius 3 is 2.41 bits per heavy atom. The molecule has 17 heavy (non-hydrogen) atoms. The van der Waals surface area contributed by atoms with Gasteiger partial charge in [-0.05, 0) is 18.3 Å². The average Bonchev–Trinajstić information content (AvgIpc) is 2.23. The van der Waals surface area contributed by atoms with E-state index in [4.69, 9.17) is 9.78 Å². The lowest BCUT2D eigenvalue weighted by molar-refractivity contribution is -0.273. The van der Waals surface area contributed by atoms with Crippen molar-refractivity contribution in [2.24, 2.45) is 11.8 Å². The maximum Gasteiger partial charge on any atom is 0.342 e. The maximum atomic E-state index is 11.4. The fourth-order valence-electron chi connectivity index (χ4n) is 1.61. The van der Waals surface area contributed by atoms with Crippen LogP contribution in [0, 0.1) is 11.8 Å². The molecule has 0 spiro atoms. The van der Waals surface area contributed by atoms with Gasteiger partial charge >= 0.3 is 5.97 Å². The van der Waals surface area contributed by atoms with Gasteiger partial charge in [-0.2, -0.15) is 4.89 Å². The molecule has 0 aliphatic carbocycles. The zero-order valence-corrected chi connectivity index (χ0v) is 11.8. The summed E-state index contributed by atoms with van der Waals surface area (Å²) in [5, 5.41) is 0. The first kappa shape index (κ1) is 16.4. The molecule has 0 bridgehead atoms. The third kappa shape index (κ3) is 11.7. The molecule has 0 amide bonds. The van der Waals surface area contributed by atoms with Crippen molar-refractivity contribution in [1.82, 2.24) is 0 Å². The molecule has 0 N–H and O–H groups in total. The predicted molar refractivity (Wildman–Crippen MR) is 69.4 cm³/mol. The smallest absolute Gasteiger partial charge is 0.298 e. The van der Waals surface area contributed by atoms with Gasteiger partial charge in [0.2, 0.25) is 0 Å². The molecule has 0 aromatic rings. The maximum absolute atomic E-state index is 11.4. The van der Waals surface area contributed by atoms with Gasteiger partial charge in [-0.3, -0.25) is 4.89 Å². The van der Waals surface area contributed by atoms with E-state index in [0.29, 0.717) is 18.9 Å². The molecule has 0 aliphatic heterocycles. The van der Waals surface area contributed by atoms with Crippen molar-refractivity contribution in [1.29, 1.82) is 0 Å². The first-order chi connectivity index (χ1) is 8.06. The highest BCUT2D eigenvalue weighted by molar-refractivity contribution is 5.68. The second-order valence-corrected chi connectivity index (χ2v) is 5.26. The molecule has 0 radical (unpaired) electrons. The van der Waals surface area contributed by atoms with Crippen LogP contribution >= 0.6 is 0 Å². The molecular formula is C14H28O3. The van der Waals surface area contributed by atoms with E-state index in [9.17, 15) is 4.79 Å². The van der Waals surface area contributed by atoms with Crippen LogP contribution in [0.25, 0.3) is 0 Å². The van der Waals surface area contributed by atoms with E-state index in [2.05, 4.69) is 27.7 Å². The van der Waals surface area contributed by atoms with Gasteiger partial charge in [0.15, 0.2) is 0 Å². The Kier molecular flexibility index (Phi) is 10.2. The van der Waals surface area contributed by atoms with Crippen molar-refractivity contribution in [3.8, 4) is 0 Å². The largest absolute Gasteiger partial charge is 0.342 e. The number of carbonyl (C=O) groups is 1. The van der Waals surface area contributed by atoms with Crippen molar-refractivity contribution >= 4 is 5.97 Å². The molecule has 0 rings (SSSR count). The van der Waals surface area contributed by atoms with E-state index >= 15 is 0 Å². The van der Waals surface area contributed by atoms with E-state index in [1.165, 1.54) is 12.8 Å². The highest BCUT2D eigenvalue weighted by Gasteiger charge is 2.11. The molecule has 0 heterocycles. The van der Waals surface area contributed by atoms with Gasteiger partial charge < -0.3 is 0 Å². The topological polar surface area (TPSA) is 35.5 Å². The molecular weight excluding hydrogens is 216 g/mol. The van der Waals surface area contributed by atoms with Gasteiger partial charge in [-0.25, -0.2) is 4.79 Å². The zero-order chi connectivity index (χ0) is 13.1. The van der Waals surface area contributed by atoms with E-state index in [0.717, 1.165) is 25.2 Å². The lowest BCUT2D eigenvalue weighted by atomic mass is 9.97. The molecule has 1 atom stereocenters. The third-order valence-corrected chi connectivity index (χ3v) is 2.73. The van der Waals surface area contributed by atoms with Crippen molar-refractivity contribution in [2.45, 2.75) is 66.2 Å². The van der Waals surface area contributed by atoms with E-state index in [1.807, 2.05) is 0 Å². The van der Waals surface area contributed by atoms with Crippen LogP contribution in [0.4, 0.5) is 0 Å². The second kappa shape index (κ2) is 10.6. The van der Waals surface area contributed by atoms with Crippen molar-refractivity contribution < 1.29 is 14.6 Å². The summed E-state index contributed by atoms with van der Waals surface area (Å²) in [6.45, 7) is 9.11.